The topological polar surface area (TPSA) is 50.8 Å². The van der Waals surface area contributed by atoms with Gasteiger partial charge in [0.25, 0.3) is 0 Å². The molecule has 0 amide bonds. The standard InChI is InChI=1S/C15H14BrN3O/c1-20-13-5-3-2-4-10(13)6-7-12-14-11(16)8-17-15(14)19-9-18-12/h2-5,8-9H,6-7H2,1H3,(H,17,18,19). The third-order valence-corrected chi connectivity index (χ3v) is 3.95. The van der Waals surface area contributed by atoms with Crippen LogP contribution in [0.4, 0.5) is 0 Å². The number of aromatic amines is 1. The molecule has 0 spiro atoms. The van der Waals surface area contributed by atoms with Crippen molar-refractivity contribution in [1.82, 2.24) is 15.0 Å². The Kier molecular flexibility index (Phi) is 3.69. The molecule has 0 aliphatic rings. The van der Waals surface area contributed by atoms with Crippen LogP contribution in [0.2, 0.25) is 0 Å². The maximum atomic E-state index is 5.38. The van der Waals surface area contributed by atoms with Gasteiger partial charge in [-0.15, -0.1) is 0 Å². The van der Waals surface area contributed by atoms with Gasteiger partial charge in [0, 0.05) is 10.7 Å². The molecule has 1 aromatic carbocycles. The van der Waals surface area contributed by atoms with Gasteiger partial charge in [0.15, 0.2) is 0 Å². The van der Waals surface area contributed by atoms with E-state index in [-0.39, 0.29) is 0 Å². The lowest BCUT2D eigenvalue weighted by Gasteiger charge is -2.08. The Bertz CT molecular complexity index is 739. The first-order chi connectivity index (χ1) is 9.79. The lowest BCUT2D eigenvalue weighted by molar-refractivity contribution is 0.409. The molecule has 0 fully saturated rings. The first kappa shape index (κ1) is 13.1. The van der Waals surface area contributed by atoms with Crippen molar-refractivity contribution in [1.29, 1.82) is 0 Å². The number of halogens is 1. The van der Waals surface area contributed by atoms with Gasteiger partial charge in [0.05, 0.1) is 18.2 Å². The van der Waals surface area contributed by atoms with Gasteiger partial charge in [-0.3, -0.25) is 0 Å². The summed E-state index contributed by atoms with van der Waals surface area (Å²) >= 11 is 3.54. The van der Waals surface area contributed by atoms with E-state index in [2.05, 4.69) is 36.9 Å². The fourth-order valence-corrected chi connectivity index (χ4v) is 2.87. The molecule has 0 bridgehead atoms. The third-order valence-electron chi connectivity index (χ3n) is 3.32. The summed E-state index contributed by atoms with van der Waals surface area (Å²) in [7, 11) is 1.70. The molecule has 0 aliphatic carbocycles. The number of benzene rings is 1. The van der Waals surface area contributed by atoms with Gasteiger partial charge in [0.1, 0.15) is 17.7 Å². The summed E-state index contributed by atoms with van der Waals surface area (Å²) in [5.74, 6) is 0.922. The summed E-state index contributed by atoms with van der Waals surface area (Å²) in [5.41, 5.74) is 3.09. The van der Waals surface area contributed by atoms with Gasteiger partial charge < -0.3 is 9.72 Å². The van der Waals surface area contributed by atoms with E-state index in [1.54, 1.807) is 13.4 Å². The maximum Gasteiger partial charge on any atom is 0.142 e. The van der Waals surface area contributed by atoms with Crippen LogP contribution >= 0.6 is 15.9 Å². The zero-order valence-electron chi connectivity index (χ0n) is 11.1. The molecule has 1 N–H and O–H groups in total. The van der Waals surface area contributed by atoms with Crippen LogP contribution in [0, 0.1) is 0 Å². The first-order valence-corrected chi connectivity index (χ1v) is 7.17. The predicted molar refractivity (Wildman–Crippen MR) is 82.0 cm³/mol. The Morgan fingerprint density at radius 3 is 2.90 bits per heavy atom. The molecule has 3 rings (SSSR count). The van der Waals surface area contributed by atoms with Crippen LogP contribution in [0.15, 0.2) is 41.3 Å². The second-order valence-electron chi connectivity index (χ2n) is 4.49. The molecule has 2 heterocycles. The van der Waals surface area contributed by atoms with Crippen LogP contribution in [-0.2, 0) is 12.8 Å². The van der Waals surface area contributed by atoms with E-state index in [0.29, 0.717) is 0 Å². The fraction of sp³-hybridized carbons (Fsp3) is 0.200. The molecule has 102 valence electrons. The highest BCUT2D eigenvalue weighted by Crippen LogP contribution is 2.26. The van der Waals surface area contributed by atoms with E-state index in [1.807, 2.05) is 24.4 Å². The molecule has 0 radical (unpaired) electrons. The smallest absolute Gasteiger partial charge is 0.142 e. The monoisotopic (exact) mass is 331 g/mol. The second kappa shape index (κ2) is 5.63. The van der Waals surface area contributed by atoms with Crippen LogP contribution in [0.5, 0.6) is 5.75 Å². The lowest BCUT2D eigenvalue weighted by Crippen LogP contribution is -1.98. The fourth-order valence-electron chi connectivity index (χ4n) is 2.34. The number of hydrogen-bond donors (Lipinski definition) is 1. The largest absolute Gasteiger partial charge is 0.496 e. The van der Waals surface area contributed by atoms with Crippen molar-refractivity contribution < 1.29 is 4.74 Å². The Hall–Kier alpha value is -1.88. The molecular formula is C15H14BrN3O. The number of aryl methyl sites for hydroxylation is 2. The van der Waals surface area contributed by atoms with Crippen molar-refractivity contribution >= 4 is 27.0 Å². The lowest BCUT2D eigenvalue weighted by atomic mass is 10.1. The normalized spacial score (nSPS) is 10.9. The van der Waals surface area contributed by atoms with Crippen LogP contribution < -0.4 is 4.74 Å². The summed E-state index contributed by atoms with van der Waals surface area (Å²) in [6, 6.07) is 8.08. The number of rotatable bonds is 4. The number of fused-ring (bicyclic) bond motifs is 1. The Labute approximate surface area is 125 Å². The number of nitrogens with zero attached hydrogens (tertiary/aromatic N) is 2. The summed E-state index contributed by atoms with van der Waals surface area (Å²) < 4.78 is 6.38. The highest BCUT2D eigenvalue weighted by molar-refractivity contribution is 9.10. The van der Waals surface area contributed by atoms with Crippen LogP contribution in [0.1, 0.15) is 11.3 Å². The average Bonchev–Trinajstić information content (AvgIpc) is 2.87. The van der Waals surface area contributed by atoms with Crippen molar-refractivity contribution in [3.8, 4) is 5.75 Å². The minimum atomic E-state index is 0.843. The highest BCUT2D eigenvalue weighted by atomic mass is 79.9. The quantitative estimate of drug-likeness (QED) is 0.795. The van der Waals surface area contributed by atoms with E-state index in [0.717, 1.165) is 39.8 Å². The van der Waals surface area contributed by atoms with E-state index < -0.39 is 0 Å². The van der Waals surface area contributed by atoms with Gasteiger partial charge in [-0.05, 0) is 40.4 Å². The van der Waals surface area contributed by atoms with E-state index >= 15 is 0 Å². The van der Waals surface area contributed by atoms with Crippen molar-refractivity contribution in [2.24, 2.45) is 0 Å². The Morgan fingerprint density at radius 1 is 1.20 bits per heavy atom. The molecule has 0 aliphatic heterocycles. The molecule has 2 aromatic heterocycles. The average molecular weight is 332 g/mol. The zero-order chi connectivity index (χ0) is 13.9. The zero-order valence-corrected chi connectivity index (χ0v) is 12.6. The molecule has 4 nitrogen and oxygen atoms in total. The number of aromatic nitrogens is 3. The summed E-state index contributed by atoms with van der Waals surface area (Å²) in [4.78, 5) is 11.8. The van der Waals surface area contributed by atoms with Crippen molar-refractivity contribution in [2.75, 3.05) is 7.11 Å². The first-order valence-electron chi connectivity index (χ1n) is 6.38. The van der Waals surface area contributed by atoms with Crippen molar-refractivity contribution in [3.05, 3.63) is 52.5 Å². The number of nitrogens with one attached hydrogen (secondary N) is 1. The summed E-state index contributed by atoms with van der Waals surface area (Å²) in [6.45, 7) is 0. The SMILES string of the molecule is COc1ccccc1CCc1ncnc2[nH]cc(Br)c12. The van der Waals surface area contributed by atoms with Gasteiger partial charge in [-0.25, -0.2) is 9.97 Å². The van der Waals surface area contributed by atoms with E-state index in [9.17, 15) is 0 Å². The third kappa shape index (κ3) is 2.41. The molecule has 0 saturated carbocycles. The molecule has 0 saturated heterocycles. The van der Waals surface area contributed by atoms with Crippen molar-refractivity contribution in [3.63, 3.8) is 0 Å². The molecular weight excluding hydrogens is 318 g/mol. The molecule has 5 heteroatoms. The van der Waals surface area contributed by atoms with Crippen molar-refractivity contribution in [2.45, 2.75) is 12.8 Å². The van der Waals surface area contributed by atoms with Gasteiger partial charge in [-0.1, -0.05) is 18.2 Å². The number of methoxy groups -OCH3 is 1. The maximum absolute atomic E-state index is 5.38. The number of para-hydroxylation sites is 1. The molecule has 20 heavy (non-hydrogen) atoms. The minimum Gasteiger partial charge on any atom is -0.496 e. The molecule has 3 aromatic rings. The van der Waals surface area contributed by atoms with Crippen LogP contribution in [0.3, 0.4) is 0 Å². The second-order valence-corrected chi connectivity index (χ2v) is 5.35. The van der Waals surface area contributed by atoms with Gasteiger partial charge in [0.2, 0.25) is 0 Å². The predicted octanol–water partition coefficient (Wildman–Crippen LogP) is 3.51. The number of ether oxygens (including phenoxy) is 1. The number of hydrogen-bond acceptors (Lipinski definition) is 3. The highest BCUT2D eigenvalue weighted by Gasteiger charge is 2.10. The van der Waals surface area contributed by atoms with E-state index in [1.165, 1.54) is 5.56 Å². The Morgan fingerprint density at radius 2 is 2.05 bits per heavy atom. The summed E-state index contributed by atoms with van der Waals surface area (Å²) in [6.07, 6.45) is 5.22. The van der Waals surface area contributed by atoms with Gasteiger partial charge >= 0.3 is 0 Å². The van der Waals surface area contributed by atoms with E-state index in [4.69, 9.17) is 4.74 Å². The minimum absolute atomic E-state index is 0.843. The Balaban J connectivity index is 1.89. The summed E-state index contributed by atoms with van der Waals surface area (Å²) in [5, 5.41) is 1.06. The number of H-pyrrole nitrogens is 1. The van der Waals surface area contributed by atoms with Crippen LogP contribution in [0.25, 0.3) is 11.0 Å². The molecule has 0 atom stereocenters. The molecule has 0 unspecified atom stereocenters. The van der Waals surface area contributed by atoms with Gasteiger partial charge in [-0.2, -0.15) is 0 Å². The van der Waals surface area contributed by atoms with Crippen LogP contribution in [-0.4, -0.2) is 22.1 Å².